The molecule has 0 saturated heterocycles. The largest absolute Gasteiger partial charge is 0.362 e. The third kappa shape index (κ3) is 5.37. The molecule has 7 nitrogen and oxygen atoms in total. The molecule has 2 amide bonds. The summed E-state index contributed by atoms with van der Waals surface area (Å²) in [5.74, 6) is 1.55. The molecule has 1 heterocycles. The van der Waals surface area contributed by atoms with Crippen molar-refractivity contribution in [3.05, 3.63) is 52.1 Å². The number of benzene rings is 2. The summed E-state index contributed by atoms with van der Waals surface area (Å²) in [6.45, 7) is 0. The quantitative estimate of drug-likeness (QED) is 0.287. The van der Waals surface area contributed by atoms with Gasteiger partial charge >= 0.3 is 6.03 Å². The van der Waals surface area contributed by atoms with Gasteiger partial charge in [0.1, 0.15) is 5.82 Å². The Morgan fingerprint density at radius 1 is 1.06 bits per heavy atom. The van der Waals surface area contributed by atoms with Crippen LogP contribution in [0.25, 0.3) is 10.9 Å². The van der Waals surface area contributed by atoms with Crippen molar-refractivity contribution in [2.45, 2.75) is 37.8 Å². The van der Waals surface area contributed by atoms with Crippen molar-refractivity contribution in [2.75, 3.05) is 29.6 Å². The standard InChI is InChI=1S/C23H27IN6OS/c1-29(2)21-19-8-3-4-9-20(19)27-22(28-21)25-16-10-12-18(13-11-16)30(32)23(31)26-17-7-5-6-15(24)14-17/h3-9,14,16,18,32H,10-13H2,1-2H3,(H,26,31)(H,25,27,28). The molecule has 4 rings (SSSR count). The first-order valence-electron chi connectivity index (χ1n) is 10.7. The van der Waals surface area contributed by atoms with E-state index in [1.165, 1.54) is 4.31 Å². The lowest BCUT2D eigenvalue weighted by Crippen LogP contribution is -2.40. The fraction of sp³-hybridized carbons (Fsp3) is 0.348. The minimum Gasteiger partial charge on any atom is -0.362 e. The molecular formula is C23H27IN6OS. The van der Waals surface area contributed by atoms with Crippen LogP contribution >= 0.6 is 35.4 Å². The fourth-order valence-corrected chi connectivity index (χ4v) is 4.85. The summed E-state index contributed by atoms with van der Waals surface area (Å²) in [5, 5.41) is 7.48. The van der Waals surface area contributed by atoms with Crippen LogP contribution in [-0.4, -0.2) is 46.5 Å². The van der Waals surface area contributed by atoms with Crippen molar-refractivity contribution < 1.29 is 4.79 Å². The van der Waals surface area contributed by atoms with E-state index in [1.807, 2.05) is 67.5 Å². The number of hydrogen-bond acceptors (Lipinski definition) is 6. The summed E-state index contributed by atoms with van der Waals surface area (Å²) < 4.78 is 2.61. The molecule has 1 fully saturated rings. The molecule has 0 radical (unpaired) electrons. The van der Waals surface area contributed by atoms with Gasteiger partial charge in [0.25, 0.3) is 0 Å². The zero-order valence-electron chi connectivity index (χ0n) is 18.1. The highest BCUT2D eigenvalue weighted by atomic mass is 127. The zero-order valence-corrected chi connectivity index (χ0v) is 21.2. The maximum Gasteiger partial charge on any atom is 0.331 e. The predicted octanol–water partition coefficient (Wildman–Crippen LogP) is 5.40. The molecule has 0 atom stereocenters. The van der Waals surface area contributed by atoms with Gasteiger partial charge in [0, 0.05) is 40.8 Å². The number of rotatable bonds is 5. The van der Waals surface area contributed by atoms with Gasteiger partial charge in [0.05, 0.1) is 5.52 Å². The van der Waals surface area contributed by atoms with Crippen molar-refractivity contribution in [1.82, 2.24) is 14.3 Å². The molecule has 1 saturated carbocycles. The van der Waals surface area contributed by atoms with Crippen molar-refractivity contribution in [3.8, 4) is 0 Å². The minimum absolute atomic E-state index is 0.0917. The summed E-state index contributed by atoms with van der Waals surface area (Å²) in [7, 11) is 3.98. The first-order chi connectivity index (χ1) is 15.4. The lowest BCUT2D eigenvalue weighted by Gasteiger charge is -2.34. The number of para-hydroxylation sites is 1. The number of carbonyl (C=O) groups excluding carboxylic acids is 1. The van der Waals surface area contributed by atoms with Crippen molar-refractivity contribution >= 4 is 69.8 Å². The van der Waals surface area contributed by atoms with Crippen LogP contribution in [0.3, 0.4) is 0 Å². The molecule has 9 heteroatoms. The highest BCUT2D eigenvalue weighted by molar-refractivity contribution is 14.1. The topological polar surface area (TPSA) is 73.4 Å². The van der Waals surface area contributed by atoms with Crippen LogP contribution in [0.5, 0.6) is 0 Å². The Balaban J connectivity index is 1.36. The Bertz CT molecular complexity index is 1100. The molecule has 3 aromatic rings. The molecule has 2 aromatic carbocycles. The van der Waals surface area contributed by atoms with Gasteiger partial charge in [-0.25, -0.2) is 9.78 Å². The van der Waals surface area contributed by atoms with Gasteiger partial charge in [-0.2, -0.15) is 4.98 Å². The Hall–Kier alpha value is -2.27. The lowest BCUT2D eigenvalue weighted by atomic mass is 9.91. The number of halogens is 1. The number of nitrogens with zero attached hydrogens (tertiary/aromatic N) is 4. The smallest absolute Gasteiger partial charge is 0.331 e. The minimum atomic E-state index is -0.194. The van der Waals surface area contributed by atoms with E-state index in [0.717, 1.165) is 51.7 Å². The third-order valence-electron chi connectivity index (χ3n) is 5.67. The van der Waals surface area contributed by atoms with E-state index in [4.69, 9.17) is 9.97 Å². The molecule has 2 N–H and O–H groups in total. The van der Waals surface area contributed by atoms with Crippen LogP contribution in [0.1, 0.15) is 25.7 Å². The Morgan fingerprint density at radius 3 is 2.53 bits per heavy atom. The maximum atomic E-state index is 12.6. The summed E-state index contributed by atoms with van der Waals surface area (Å²) in [4.78, 5) is 24.1. The highest BCUT2D eigenvalue weighted by Gasteiger charge is 2.28. The van der Waals surface area contributed by atoms with Gasteiger partial charge in [-0.05, 0) is 78.6 Å². The van der Waals surface area contributed by atoms with E-state index in [2.05, 4.69) is 46.0 Å². The average Bonchev–Trinajstić information content (AvgIpc) is 2.78. The van der Waals surface area contributed by atoms with Crippen LogP contribution < -0.4 is 15.5 Å². The normalized spacial score (nSPS) is 18.2. The number of fused-ring (bicyclic) bond motifs is 1. The van der Waals surface area contributed by atoms with Gasteiger partial charge < -0.3 is 15.5 Å². The molecule has 32 heavy (non-hydrogen) atoms. The van der Waals surface area contributed by atoms with E-state index in [1.54, 1.807) is 0 Å². The maximum absolute atomic E-state index is 12.6. The second-order valence-electron chi connectivity index (χ2n) is 8.22. The number of urea groups is 1. The average molecular weight is 562 g/mol. The van der Waals surface area contributed by atoms with Gasteiger partial charge in [0.2, 0.25) is 5.95 Å². The molecule has 1 aliphatic rings. The van der Waals surface area contributed by atoms with E-state index in [-0.39, 0.29) is 18.1 Å². The van der Waals surface area contributed by atoms with Crippen LogP contribution in [0.15, 0.2) is 48.5 Å². The Morgan fingerprint density at radius 2 is 1.81 bits per heavy atom. The van der Waals surface area contributed by atoms with Crippen LogP contribution in [0.2, 0.25) is 0 Å². The first kappa shape index (κ1) is 22.9. The van der Waals surface area contributed by atoms with Crippen LogP contribution in [0, 0.1) is 3.57 Å². The predicted molar refractivity (Wildman–Crippen MR) is 143 cm³/mol. The van der Waals surface area contributed by atoms with Gasteiger partial charge in [0.15, 0.2) is 0 Å². The molecule has 0 bridgehead atoms. The highest BCUT2D eigenvalue weighted by Crippen LogP contribution is 2.29. The van der Waals surface area contributed by atoms with E-state index in [0.29, 0.717) is 5.95 Å². The van der Waals surface area contributed by atoms with E-state index in [9.17, 15) is 4.79 Å². The van der Waals surface area contributed by atoms with E-state index >= 15 is 0 Å². The number of hydrogen-bond donors (Lipinski definition) is 3. The fourth-order valence-electron chi connectivity index (χ4n) is 4.03. The molecule has 0 spiro atoms. The molecular weight excluding hydrogens is 535 g/mol. The SMILES string of the molecule is CN(C)c1nc(NC2CCC(N(S)C(=O)Nc3cccc(I)c3)CC2)nc2ccccc12. The first-order valence-corrected chi connectivity index (χ1v) is 12.1. The third-order valence-corrected chi connectivity index (χ3v) is 6.85. The number of aromatic nitrogens is 2. The lowest BCUT2D eigenvalue weighted by molar-refractivity contribution is 0.217. The Kier molecular flexibility index (Phi) is 7.24. The van der Waals surface area contributed by atoms with Gasteiger partial charge in [-0.3, -0.25) is 4.31 Å². The van der Waals surface area contributed by atoms with Gasteiger partial charge in [-0.15, -0.1) is 0 Å². The molecule has 1 aromatic heterocycles. The van der Waals surface area contributed by atoms with Crippen molar-refractivity contribution in [1.29, 1.82) is 0 Å². The summed E-state index contributed by atoms with van der Waals surface area (Å²) in [6, 6.07) is 16.0. The van der Waals surface area contributed by atoms with E-state index < -0.39 is 0 Å². The van der Waals surface area contributed by atoms with Crippen molar-refractivity contribution in [2.24, 2.45) is 0 Å². The summed E-state index contributed by atoms with van der Waals surface area (Å²) in [6.07, 6.45) is 3.58. The second kappa shape index (κ2) is 10.1. The van der Waals surface area contributed by atoms with Crippen molar-refractivity contribution in [3.63, 3.8) is 0 Å². The Labute approximate surface area is 207 Å². The molecule has 1 aliphatic carbocycles. The number of nitrogens with one attached hydrogen (secondary N) is 2. The summed E-state index contributed by atoms with van der Waals surface area (Å²) >= 11 is 6.73. The van der Waals surface area contributed by atoms with Gasteiger partial charge in [-0.1, -0.05) is 31.0 Å². The molecule has 0 unspecified atom stereocenters. The second-order valence-corrected chi connectivity index (χ2v) is 9.89. The number of thiol groups is 1. The molecule has 0 aliphatic heterocycles. The number of anilines is 3. The monoisotopic (exact) mass is 562 g/mol. The van der Waals surface area contributed by atoms with Crippen LogP contribution in [-0.2, 0) is 0 Å². The molecule has 168 valence electrons. The zero-order chi connectivity index (χ0) is 22.7. The van der Waals surface area contributed by atoms with Crippen LogP contribution in [0.4, 0.5) is 22.2 Å². The summed E-state index contributed by atoms with van der Waals surface area (Å²) in [5.41, 5.74) is 1.71. The number of amides is 2. The number of carbonyl (C=O) groups is 1.